The fourth-order valence-electron chi connectivity index (χ4n) is 4.49. The van der Waals surface area contributed by atoms with Gasteiger partial charge in [-0.2, -0.15) is 0 Å². The largest absolute Gasteiger partial charge is 0.390 e. The highest BCUT2D eigenvalue weighted by Gasteiger charge is 2.57. The highest BCUT2D eigenvalue weighted by molar-refractivity contribution is 5.85. The number of benzene rings is 1. The van der Waals surface area contributed by atoms with Crippen LogP contribution in [-0.2, 0) is 30.3 Å². The molecule has 1 aromatic rings. The number of aryl methyl sites for hydroxylation is 1. The molecule has 3 fully saturated rings. The lowest BCUT2D eigenvalue weighted by atomic mass is 9.78. The molecule has 30 heavy (non-hydrogen) atoms. The molecule has 0 unspecified atom stereocenters. The standard InChI is InChI=1S/C22H32N2O6/c1-15-6-4-5-7-16(15)14-28-22(20(26)23-24-8-10-27-11-9-24)12-17(25)19-18(13-22)29-21(2,3)30-19/h4-7,17-19,25H,8-14H2,1-3H3,(H,23,26)/t17-,18-,19+,22-/m1/s1. The minimum Gasteiger partial charge on any atom is -0.390 e. The molecule has 0 aromatic heterocycles. The number of carbonyl (C=O) groups is 1. The quantitative estimate of drug-likeness (QED) is 0.742. The van der Waals surface area contributed by atoms with E-state index < -0.39 is 29.7 Å². The molecule has 1 aliphatic carbocycles. The van der Waals surface area contributed by atoms with Crippen molar-refractivity contribution in [2.75, 3.05) is 26.3 Å². The van der Waals surface area contributed by atoms with Crippen molar-refractivity contribution in [3.8, 4) is 0 Å². The van der Waals surface area contributed by atoms with Crippen LogP contribution < -0.4 is 5.43 Å². The van der Waals surface area contributed by atoms with Gasteiger partial charge in [0.05, 0.1) is 32.0 Å². The van der Waals surface area contributed by atoms with E-state index in [1.807, 2.05) is 50.0 Å². The number of nitrogens with one attached hydrogen (secondary N) is 1. The Morgan fingerprint density at radius 1 is 1.23 bits per heavy atom. The van der Waals surface area contributed by atoms with Crippen LogP contribution in [0.5, 0.6) is 0 Å². The van der Waals surface area contributed by atoms with Gasteiger partial charge in [-0.3, -0.25) is 10.2 Å². The van der Waals surface area contributed by atoms with Gasteiger partial charge < -0.3 is 24.1 Å². The first-order chi connectivity index (χ1) is 14.3. The Morgan fingerprint density at radius 3 is 2.70 bits per heavy atom. The van der Waals surface area contributed by atoms with Crippen molar-refractivity contribution in [2.24, 2.45) is 0 Å². The maximum absolute atomic E-state index is 13.5. The van der Waals surface area contributed by atoms with Crippen LogP contribution in [0.15, 0.2) is 24.3 Å². The monoisotopic (exact) mass is 420 g/mol. The average molecular weight is 421 g/mol. The minimum atomic E-state index is -1.22. The molecule has 1 aromatic carbocycles. The summed E-state index contributed by atoms with van der Waals surface area (Å²) in [5, 5.41) is 12.7. The van der Waals surface area contributed by atoms with Gasteiger partial charge in [0.25, 0.3) is 5.91 Å². The molecule has 0 spiro atoms. The van der Waals surface area contributed by atoms with Gasteiger partial charge in [0, 0.05) is 25.9 Å². The van der Waals surface area contributed by atoms with Crippen molar-refractivity contribution in [3.05, 3.63) is 35.4 Å². The molecule has 2 saturated heterocycles. The molecule has 3 aliphatic rings. The van der Waals surface area contributed by atoms with Crippen LogP contribution in [0.2, 0.25) is 0 Å². The summed E-state index contributed by atoms with van der Waals surface area (Å²) in [5.41, 5.74) is 3.87. The predicted octanol–water partition coefficient (Wildman–Crippen LogP) is 1.29. The predicted molar refractivity (Wildman–Crippen MR) is 108 cm³/mol. The zero-order chi connectivity index (χ0) is 21.4. The zero-order valence-electron chi connectivity index (χ0n) is 17.9. The first-order valence-corrected chi connectivity index (χ1v) is 10.6. The van der Waals surface area contributed by atoms with Crippen molar-refractivity contribution >= 4 is 5.91 Å². The number of hydrogen-bond acceptors (Lipinski definition) is 7. The number of carbonyl (C=O) groups excluding carboxylic acids is 1. The maximum atomic E-state index is 13.5. The van der Waals surface area contributed by atoms with E-state index in [4.69, 9.17) is 18.9 Å². The summed E-state index contributed by atoms with van der Waals surface area (Å²) in [4.78, 5) is 13.5. The summed E-state index contributed by atoms with van der Waals surface area (Å²) in [7, 11) is 0. The van der Waals surface area contributed by atoms with Crippen LogP contribution in [0.25, 0.3) is 0 Å². The normalized spacial score (nSPS) is 33.8. The molecule has 4 rings (SSSR count). The van der Waals surface area contributed by atoms with Crippen molar-refractivity contribution in [2.45, 2.75) is 69.9 Å². The smallest absolute Gasteiger partial charge is 0.266 e. The number of morpholine rings is 1. The topological polar surface area (TPSA) is 89.5 Å². The van der Waals surface area contributed by atoms with Gasteiger partial charge in [-0.15, -0.1) is 0 Å². The molecular formula is C22H32N2O6. The highest BCUT2D eigenvalue weighted by Crippen LogP contribution is 2.43. The van der Waals surface area contributed by atoms with E-state index in [0.717, 1.165) is 11.1 Å². The molecule has 0 radical (unpaired) electrons. The number of nitrogens with zero attached hydrogens (tertiary/aromatic N) is 1. The van der Waals surface area contributed by atoms with Gasteiger partial charge in [-0.1, -0.05) is 24.3 Å². The van der Waals surface area contributed by atoms with E-state index in [9.17, 15) is 9.90 Å². The van der Waals surface area contributed by atoms with Gasteiger partial charge >= 0.3 is 0 Å². The summed E-state index contributed by atoms with van der Waals surface area (Å²) in [5.74, 6) is -1.06. The van der Waals surface area contributed by atoms with Crippen molar-refractivity contribution in [3.63, 3.8) is 0 Å². The first-order valence-electron chi connectivity index (χ1n) is 10.6. The van der Waals surface area contributed by atoms with Gasteiger partial charge in [-0.05, 0) is 31.9 Å². The summed E-state index contributed by atoms with van der Waals surface area (Å²) in [6, 6.07) is 7.93. The molecule has 2 aliphatic heterocycles. The molecule has 4 atom stereocenters. The molecule has 2 heterocycles. The molecule has 166 valence electrons. The van der Waals surface area contributed by atoms with Gasteiger partial charge in [0.15, 0.2) is 11.4 Å². The Balaban J connectivity index is 1.56. The second kappa shape index (κ2) is 8.53. The number of fused-ring (bicyclic) bond motifs is 1. The Bertz CT molecular complexity index is 766. The third-order valence-corrected chi connectivity index (χ3v) is 6.12. The van der Waals surface area contributed by atoms with Crippen molar-refractivity contribution < 1.29 is 28.8 Å². The second-order valence-electron chi connectivity index (χ2n) is 8.86. The van der Waals surface area contributed by atoms with E-state index in [2.05, 4.69) is 5.43 Å². The fourth-order valence-corrected chi connectivity index (χ4v) is 4.49. The van der Waals surface area contributed by atoms with Gasteiger partial charge in [0.2, 0.25) is 0 Å². The van der Waals surface area contributed by atoms with E-state index >= 15 is 0 Å². The number of rotatable bonds is 5. The number of aliphatic hydroxyl groups excluding tert-OH is 1. The van der Waals surface area contributed by atoms with Crippen LogP contribution in [0.3, 0.4) is 0 Å². The number of hydrogen-bond donors (Lipinski definition) is 2. The molecule has 8 heteroatoms. The summed E-state index contributed by atoms with van der Waals surface area (Å²) < 4.78 is 23.6. The Kier molecular flexibility index (Phi) is 6.16. The van der Waals surface area contributed by atoms with E-state index in [1.165, 1.54) is 0 Å². The highest BCUT2D eigenvalue weighted by atomic mass is 16.8. The SMILES string of the molecule is Cc1ccccc1CO[C@]1(C(=O)NN2CCOCC2)C[C@@H](O)[C@@H]2OC(C)(C)O[C@@H]2C1. The number of hydrazine groups is 1. The Hall–Kier alpha value is -1.55. The van der Waals surface area contributed by atoms with E-state index in [0.29, 0.717) is 32.7 Å². The lowest BCUT2D eigenvalue weighted by Crippen LogP contribution is -2.62. The van der Waals surface area contributed by atoms with Crippen LogP contribution in [-0.4, -0.2) is 72.0 Å². The number of aliphatic hydroxyl groups is 1. The molecule has 0 bridgehead atoms. The van der Waals surface area contributed by atoms with Crippen LogP contribution >= 0.6 is 0 Å². The summed E-state index contributed by atoms with van der Waals surface area (Å²) >= 11 is 0. The Labute approximate surface area is 177 Å². The number of ether oxygens (including phenoxy) is 4. The van der Waals surface area contributed by atoms with E-state index in [1.54, 1.807) is 0 Å². The van der Waals surface area contributed by atoms with Crippen LogP contribution in [0.1, 0.15) is 37.8 Å². The third-order valence-electron chi connectivity index (χ3n) is 6.12. The van der Waals surface area contributed by atoms with Crippen molar-refractivity contribution in [1.29, 1.82) is 0 Å². The lowest BCUT2D eigenvalue weighted by molar-refractivity contribution is -0.180. The summed E-state index contributed by atoms with van der Waals surface area (Å²) in [6.07, 6.45) is -1.28. The second-order valence-corrected chi connectivity index (χ2v) is 8.86. The van der Waals surface area contributed by atoms with Gasteiger partial charge in [0.1, 0.15) is 6.10 Å². The molecule has 2 N–H and O–H groups in total. The average Bonchev–Trinajstić information content (AvgIpc) is 3.02. The molecular weight excluding hydrogens is 388 g/mol. The molecule has 8 nitrogen and oxygen atoms in total. The Morgan fingerprint density at radius 2 is 1.97 bits per heavy atom. The molecule has 1 amide bonds. The van der Waals surface area contributed by atoms with Crippen LogP contribution in [0, 0.1) is 6.92 Å². The zero-order valence-corrected chi connectivity index (χ0v) is 17.9. The molecule has 1 saturated carbocycles. The lowest BCUT2D eigenvalue weighted by Gasteiger charge is -2.43. The fraction of sp³-hybridized carbons (Fsp3) is 0.682. The summed E-state index contributed by atoms with van der Waals surface area (Å²) in [6.45, 7) is 8.29. The van der Waals surface area contributed by atoms with Gasteiger partial charge in [-0.25, -0.2) is 5.01 Å². The maximum Gasteiger partial charge on any atom is 0.266 e. The van der Waals surface area contributed by atoms with Crippen molar-refractivity contribution in [1.82, 2.24) is 10.4 Å². The van der Waals surface area contributed by atoms with E-state index in [-0.39, 0.29) is 18.9 Å². The van der Waals surface area contributed by atoms with Crippen LogP contribution in [0.4, 0.5) is 0 Å². The first kappa shape index (κ1) is 21.7. The number of amides is 1. The minimum absolute atomic E-state index is 0.148. The third kappa shape index (κ3) is 4.54.